The van der Waals surface area contributed by atoms with E-state index in [9.17, 15) is 9.59 Å². The first-order chi connectivity index (χ1) is 14.1. The Balaban J connectivity index is 1.44. The number of fused-ring (bicyclic) bond motifs is 1. The van der Waals surface area contributed by atoms with E-state index in [2.05, 4.69) is 0 Å². The molecule has 0 aromatic heterocycles. The van der Waals surface area contributed by atoms with Crippen LogP contribution in [0, 0.1) is 0 Å². The fourth-order valence-electron chi connectivity index (χ4n) is 3.38. The van der Waals surface area contributed by atoms with E-state index in [0.717, 1.165) is 22.3 Å². The predicted molar refractivity (Wildman–Crippen MR) is 112 cm³/mol. The molecule has 0 saturated heterocycles. The third kappa shape index (κ3) is 4.11. The average Bonchev–Trinajstić information content (AvgIpc) is 3.08. The highest BCUT2D eigenvalue weighted by molar-refractivity contribution is 6.15. The Morgan fingerprint density at radius 2 is 1.76 bits per heavy atom. The summed E-state index contributed by atoms with van der Waals surface area (Å²) < 4.78 is 10.8. The van der Waals surface area contributed by atoms with E-state index in [0.29, 0.717) is 23.5 Å². The minimum absolute atomic E-state index is 0.0588. The Kier molecular flexibility index (Phi) is 5.25. The highest BCUT2D eigenvalue weighted by Gasteiger charge is 2.23. The molecule has 0 unspecified atom stereocenters. The van der Waals surface area contributed by atoms with Crippen molar-refractivity contribution in [3.8, 4) is 11.5 Å². The van der Waals surface area contributed by atoms with E-state index in [4.69, 9.17) is 9.47 Å². The van der Waals surface area contributed by atoms with Gasteiger partial charge in [0.2, 0.25) is 0 Å². The first-order valence-electron chi connectivity index (χ1n) is 9.37. The highest BCUT2D eigenvalue weighted by Crippen LogP contribution is 2.28. The number of ketones is 2. The SMILES string of the molecule is COc1ccc(C(=O)COc2cccc(/C=C3\Cc4ccccc4C3=O)c2)cc1. The number of ether oxygens (including phenoxy) is 2. The summed E-state index contributed by atoms with van der Waals surface area (Å²) in [6, 6.07) is 22.0. The topological polar surface area (TPSA) is 52.6 Å². The van der Waals surface area contributed by atoms with Crippen LogP contribution in [-0.4, -0.2) is 25.3 Å². The lowest BCUT2D eigenvalue weighted by Crippen LogP contribution is -2.11. The smallest absolute Gasteiger partial charge is 0.200 e. The molecule has 0 fully saturated rings. The summed E-state index contributed by atoms with van der Waals surface area (Å²) in [4.78, 5) is 24.9. The van der Waals surface area contributed by atoms with Crippen LogP contribution in [0.3, 0.4) is 0 Å². The number of rotatable bonds is 6. The minimum Gasteiger partial charge on any atom is -0.497 e. The van der Waals surface area contributed by atoms with Crippen molar-refractivity contribution in [2.75, 3.05) is 13.7 Å². The molecule has 4 nitrogen and oxygen atoms in total. The van der Waals surface area contributed by atoms with E-state index in [1.165, 1.54) is 0 Å². The van der Waals surface area contributed by atoms with Gasteiger partial charge in [-0.05, 0) is 53.6 Å². The van der Waals surface area contributed by atoms with Gasteiger partial charge in [0.05, 0.1) is 7.11 Å². The maximum absolute atomic E-state index is 12.6. The van der Waals surface area contributed by atoms with Gasteiger partial charge in [-0.15, -0.1) is 0 Å². The molecule has 4 heteroatoms. The van der Waals surface area contributed by atoms with Gasteiger partial charge in [-0.3, -0.25) is 9.59 Å². The maximum atomic E-state index is 12.6. The first kappa shape index (κ1) is 18.7. The third-order valence-corrected chi connectivity index (χ3v) is 4.92. The molecule has 0 heterocycles. The van der Waals surface area contributed by atoms with Crippen LogP contribution in [0.4, 0.5) is 0 Å². The van der Waals surface area contributed by atoms with Gasteiger partial charge in [0.25, 0.3) is 0 Å². The molecule has 0 N–H and O–H groups in total. The van der Waals surface area contributed by atoms with E-state index in [1.54, 1.807) is 37.4 Å². The molecule has 1 aliphatic rings. The van der Waals surface area contributed by atoms with Crippen LogP contribution in [0.15, 0.2) is 78.4 Å². The quantitative estimate of drug-likeness (QED) is 0.453. The molecule has 3 aromatic rings. The first-order valence-corrected chi connectivity index (χ1v) is 9.37. The lowest BCUT2D eigenvalue weighted by molar-refractivity contribution is 0.0921. The second-order valence-corrected chi connectivity index (χ2v) is 6.85. The van der Waals surface area contributed by atoms with Crippen molar-refractivity contribution in [1.29, 1.82) is 0 Å². The van der Waals surface area contributed by atoms with Crippen LogP contribution >= 0.6 is 0 Å². The summed E-state index contributed by atoms with van der Waals surface area (Å²) in [5, 5.41) is 0. The van der Waals surface area contributed by atoms with Crippen LogP contribution in [-0.2, 0) is 6.42 Å². The molecular weight excluding hydrogens is 364 g/mol. The summed E-state index contributed by atoms with van der Waals surface area (Å²) >= 11 is 0. The molecule has 0 saturated carbocycles. The zero-order valence-electron chi connectivity index (χ0n) is 16.1. The molecule has 29 heavy (non-hydrogen) atoms. The normalized spacial score (nSPS) is 14.0. The maximum Gasteiger partial charge on any atom is 0.200 e. The lowest BCUT2D eigenvalue weighted by atomic mass is 10.1. The monoisotopic (exact) mass is 384 g/mol. The molecule has 0 aliphatic heterocycles. The Morgan fingerprint density at radius 3 is 2.52 bits per heavy atom. The third-order valence-electron chi connectivity index (χ3n) is 4.92. The Hall–Kier alpha value is -3.66. The molecule has 3 aromatic carbocycles. The molecule has 0 amide bonds. The van der Waals surface area contributed by atoms with Crippen molar-refractivity contribution in [2.24, 2.45) is 0 Å². The fraction of sp³-hybridized carbons (Fsp3) is 0.120. The standard InChI is InChI=1S/C25H20O4/c1-28-21-11-9-18(10-12-21)24(26)16-29-22-7-4-5-17(14-22)13-20-15-19-6-2-3-8-23(19)25(20)27/h2-14H,15-16H2,1H3/b20-13+. The van der Waals surface area contributed by atoms with Crippen LogP contribution in [0.25, 0.3) is 6.08 Å². The average molecular weight is 384 g/mol. The molecule has 1 aliphatic carbocycles. The molecule has 144 valence electrons. The number of benzene rings is 3. The van der Waals surface area contributed by atoms with Gasteiger partial charge in [-0.25, -0.2) is 0 Å². The Morgan fingerprint density at radius 1 is 0.966 bits per heavy atom. The van der Waals surface area contributed by atoms with Crippen LogP contribution in [0.5, 0.6) is 11.5 Å². The highest BCUT2D eigenvalue weighted by atomic mass is 16.5. The van der Waals surface area contributed by atoms with Gasteiger partial charge in [0.15, 0.2) is 18.2 Å². The molecule has 0 spiro atoms. The van der Waals surface area contributed by atoms with Crippen LogP contribution < -0.4 is 9.47 Å². The number of hydrogen-bond donors (Lipinski definition) is 0. The molecule has 0 radical (unpaired) electrons. The van der Waals surface area contributed by atoms with Crippen molar-refractivity contribution in [3.05, 3.63) is 101 Å². The fourth-order valence-corrected chi connectivity index (χ4v) is 3.38. The number of hydrogen-bond acceptors (Lipinski definition) is 4. The second kappa shape index (κ2) is 8.15. The largest absolute Gasteiger partial charge is 0.497 e. The van der Waals surface area contributed by atoms with Crippen molar-refractivity contribution < 1.29 is 19.1 Å². The van der Waals surface area contributed by atoms with E-state index in [1.807, 2.05) is 48.5 Å². The molecule has 4 rings (SSSR count). The van der Waals surface area contributed by atoms with Gasteiger partial charge >= 0.3 is 0 Å². The summed E-state index contributed by atoms with van der Waals surface area (Å²) in [5.74, 6) is 1.25. The zero-order valence-corrected chi connectivity index (χ0v) is 16.1. The molecular formula is C25H20O4. The van der Waals surface area contributed by atoms with Crippen LogP contribution in [0.1, 0.15) is 31.8 Å². The van der Waals surface area contributed by atoms with Crippen molar-refractivity contribution in [3.63, 3.8) is 0 Å². The molecule has 0 bridgehead atoms. The zero-order chi connectivity index (χ0) is 20.2. The molecule has 0 atom stereocenters. The number of allylic oxidation sites excluding steroid dienone is 1. The minimum atomic E-state index is -0.113. The predicted octanol–water partition coefficient (Wildman–Crippen LogP) is 4.78. The van der Waals surface area contributed by atoms with Crippen molar-refractivity contribution in [1.82, 2.24) is 0 Å². The van der Waals surface area contributed by atoms with Gasteiger partial charge < -0.3 is 9.47 Å². The van der Waals surface area contributed by atoms with Gasteiger partial charge in [0.1, 0.15) is 11.5 Å². The van der Waals surface area contributed by atoms with E-state index in [-0.39, 0.29) is 18.2 Å². The summed E-state index contributed by atoms with van der Waals surface area (Å²) in [5.41, 5.74) is 4.03. The lowest BCUT2D eigenvalue weighted by Gasteiger charge is -2.07. The van der Waals surface area contributed by atoms with E-state index < -0.39 is 0 Å². The Labute approximate surface area is 169 Å². The summed E-state index contributed by atoms with van der Waals surface area (Å²) in [6.45, 7) is -0.0588. The van der Waals surface area contributed by atoms with Gasteiger partial charge in [-0.2, -0.15) is 0 Å². The second-order valence-electron chi connectivity index (χ2n) is 6.85. The van der Waals surface area contributed by atoms with Crippen molar-refractivity contribution in [2.45, 2.75) is 6.42 Å². The van der Waals surface area contributed by atoms with E-state index >= 15 is 0 Å². The Bertz CT molecular complexity index is 1090. The number of methoxy groups -OCH3 is 1. The number of Topliss-reactive ketones (excluding diaryl/α,β-unsaturated/α-hetero) is 2. The van der Waals surface area contributed by atoms with Crippen LogP contribution in [0.2, 0.25) is 0 Å². The number of carbonyl (C=O) groups excluding carboxylic acids is 2. The van der Waals surface area contributed by atoms with Crippen molar-refractivity contribution >= 4 is 17.6 Å². The summed E-state index contributed by atoms with van der Waals surface area (Å²) in [6.07, 6.45) is 2.52. The number of carbonyl (C=O) groups is 2. The van der Waals surface area contributed by atoms with Gasteiger partial charge in [0, 0.05) is 23.1 Å². The summed E-state index contributed by atoms with van der Waals surface area (Å²) in [7, 11) is 1.58. The van der Waals surface area contributed by atoms with Gasteiger partial charge in [-0.1, -0.05) is 36.4 Å².